The van der Waals surface area contributed by atoms with Crippen LogP contribution in [-0.2, 0) is 19.6 Å². The molecule has 0 radical (unpaired) electrons. The van der Waals surface area contributed by atoms with E-state index in [1.54, 1.807) is 0 Å². The van der Waals surface area contributed by atoms with E-state index in [-0.39, 0.29) is 37.6 Å². The number of nitrogens with two attached hydrogens (primary N) is 1. The van der Waals surface area contributed by atoms with Gasteiger partial charge in [0.15, 0.2) is 5.78 Å². The number of hydrogen-bond donors (Lipinski definition) is 2. The second kappa shape index (κ2) is 8.09. The quantitative estimate of drug-likeness (QED) is 0.494. The Hall–Kier alpha value is -0.860. The number of rotatable bonds is 7. The van der Waals surface area contributed by atoms with Crippen LogP contribution >= 0.6 is 34.8 Å². The molecule has 4 bridgehead atoms. The average molecular weight is 534 g/mol. The van der Waals surface area contributed by atoms with E-state index in [9.17, 15) is 18.0 Å². The number of ketones is 1. The third kappa shape index (κ3) is 3.92. The zero-order valence-electron chi connectivity index (χ0n) is 18.1. The van der Waals surface area contributed by atoms with Crippen LogP contribution in [0.3, 0.4) is 0 Å². The maximum absolute atomic E-state index is 13.6. The van der Waals surface area contributed by atoms with Crippen molar-refractivity contribution in [2.24, 2.45) is 34.8 Å². The molecule has 2 unspecified atom stereocenters. The highest BCUT2D eigenvalue weighted by molar-refractivity contribution is 7.89. The van der Waals surface area contributed by atoms with Crippen molar-refractivity contribution in [3.8, 4) is 0 Å². The highest BCUT2D eigenvalue weighted by Crippen LogP contribution is 2.63. The molecule has 2 atom stereocenters. The molecular weight excluding hydrogens is 507 g/mol. The first-order valence-corrected chi connectivity index (χ1v) is 14.1. The fraction of sp³-hybridized carbons (Fsp3) is 0.652. The second-order valence-electron chi connectivity index (χ2n) is 10.6. The van der Waals surface area contributed by atoms with Crippen molar-refractivity contribution < 1.29 is 18.0 Å². The third-order valence-corrected chi connectivity index (χ3v) is 11.5. The van der Waals surface area contributed by atoms with Gasteiger partial charge in [-0.25, -0.2) is 8.42 Å². The van der Waals surface area contributed by atoms with Gasteiger partial charge in [0.05, 0.1) is 20.6 Å². The van der Waals surface area contributed by atoms with Gasteiger partial charge >= 0.3 is 0 Å². The fourth-order valence-corrected chi connectivity index (χ4v) is 9.61. The summed E-state index contributed by atoms with van der Waals surface area (Å²) in [5, 5.41) is 0.190. The van der Waals surface area contributed by atoms with Crippen LogP contribution in [-0.4, -0.2) is 25.6 Å². The van der Waals surface area contributed by atoms with E-state index in [4.69, 9.17) is 40.5 Å². The van der Waals surface area contributed by atoms with Gasteiger partial charge in [-0.3, -0.25) is 9.59 Å². The SMILES string of the molecule is NC(=O)C12CC3CC(C1)C(CC(=O)C1(NS(=O)(=O)c4cc(Cl)c(Cl)cc4Cl)CCC1)C(C3)C2. The fourth-order valence-electron chi connectivity index (χ4n) is 7.16. The molecule has 0 aromatic heterocycles. The smallest absolute Gasteiger partial charge is 0.243 e. The van der Waals surface area contributed by atoms with Crippen molar-refractivity contribution in [3.63, 3.8) is 0 Å². The lowest BCUT2D eigenvalue weighted by Crippen LogP contribution is -2.61. The van der Waals surface area contributed by atoms with E-state index in [1.165, 1.54) is 12.1 Å². The van der Waals surface area contributed by atoms with Crippen LogP contribution in [0.2, 0.25) is 15.1 Å². The molecule has 5 fully saturated rings. The first-order chi connectivity index (χ1) is 15.4. The summed E-state index contributed by atoms with van der Waals surface area (Å²) in [6.45, 7) is 0. The van der Waals surface area contributed by atoms with E-state index in [0.717, 1.165) is 38.5 Å². The Morgan fingerprint density at radius 2 is 1.61 bits per heavy atom. The average Bonchev–Trinajstić information content (AvgIpc) is 2.69. The Bertz CT molecular complexity index is 1120. The number of hydrogen-bond acceptors (Lipinski definition) is 4. The summed E-state index contributed by atoms with van der Waals surface area (Å²) in [6.07, 6.45) is 6.46. The molecule has 10 heteroatoms. The number of carbonyl (C=O) groups excluding carboxylic acids is 2. The van der Waals surface area contributed by atoms with Gasteiger partial charge in [-0.05, 0) is 87.2 Å². The predicted octanol–water partition coefficient (Wildman–Crippen LogP) is 4.73. The van der Waals surface area contributed by atoms with Gasteiger partial charge in [0, 0.05) is 11.8 Å². The molecule has 5 aliphatic carbocycles. The van der Waals surface area contributed by atoms with E-state index in [1.807, 2.05) is 0 Å². The molecule has 33 heavy (non-hydrogen) atoms. The Kier molecular flexibility index (Phi) is 5.85. The van der Waals surface area contributed by atoms with Crippen molar-refractivity contribution >= 4 is 56.5 Å². The Labute approximate surface area is 208 Å². The summed E-state index contributed by atoms with van der Waals surface area (Å²) in [7, 11) is -4.08. The molecule has 5 saturated carbocycles. The Morgan fingerprint density at radius 3 is 2.15 bits per heavy atom. The number of carbonyl (C=O) groups is 2. The van der Waals surface area contributed by atoms with Crippen LogP contribution in [0.25, 0.3) is 0 Å². The Balaban J connectivity index is 1.35. The van der Waals surface area contributed by atoms with E-state index < -0.39 is 21.0 Å². The predicted molar refractivity (Wildman–Crippen MR) is 127 cm³/mol. The molecule has 1 amide bonds. The summed E-state index contributed by atoms with van der Waals surface area (Å²) >= 11 is 18.1. The molecule has 6 nitrogen and oxygen atoms in total. The van der Waals surface area contributed by atoms with Crippen LogP contribution in [0.5, 0.6) is 0 Å². The maximum atomic E-state index is 13.6. The van der Waals surface area contributed by atoms with Gasteiger partial charge in [-0.15, -0.1) is 0 Å². The number of primary amides is 1. The van der Waals surface area contributed by atoms with Gasteiger partial charge < -0.3 is 5.73 Å². The maximum Gasteiger partial charge on any atom is 0.243 e. The largest absolute Gasteiger partial charge is 0.369 e. The number of halogens is 3. The third-order valence-electron chi connectivity index (χ3n) is 8.75. The van der Waals surface area contributed by atoms with Crippen molar-refractivity contribution in [2.45, 2.75) is 68.2 Å². The lowest BCUT2D eigenvalue weighted by atomic mass is 9.45. The van der Waals surface area contributed by atoms with Crippen molar-refractivity contribution in [1.82, 2.24) is 4.72 Å². The summed E-state index contributed by atoms with van der Waals surface area (Å²) in [6, 6.07) is 2.50. The highest BCUT2D eigenvalue weighted by Gasteiger charge is 2.59. The molecule has 1 aromatic rings. The van der Waals surface area contributed by atoms with Crippen LogP contribution in [0.4, 0.5) is 0 Å². The summed E-state index contributed by atoms with van der Waals surface area (Å²) in [5.41, 5.74) is 4.26. The molecular formula is C23H27Cl3N2O4S. The van der Waals surface area contributed by atoms with Gasteiger partial charge in [-0.1, -0.05) is 34.8 Å². The molecule has 0 saturated heterocycles. The van der Waals surface area contributed by atoms with Crippen LogP contribution in [0, 0.1) is 29.1 Å². The number of nitrogens with one attached hydrogen (secondary N) is 1. The van der Waals surface area contributed by atoms with Crippen molar-refractivity contribution in [1.29, 1.82) is 0 Å². The first kappa shape index (κ1) is 23.9. The molecule has 0 aliphatic heterocycles. The topological polar surface area (TPSA) is 106 Å². The molecule has 5 aliphatic rings. The summed E-state index contributed by atoms with van der Waals surface area (Å²) in [4.78, 5) is 25.6. The monoisotopic (exact) mass is 532 g/mol. The van der Waals surface area contributed by atoms with Gasteiger partial charge in [0.25, 0.3) is 0 Å². The minimum Gasteiger partial charge on any atom is -0.369 e. The number of benzene rings is 1. The second-order valence-corrected chi connectivity index (χ2v) is 13.5. The standard InChI is InChI=1S/C23H27Cl3N2O4S/c24-16-7-18(26)19(8-17(16)25)33(31,32)28-23(2-1-3-23)20(29)6-15-13-4-12-5-14(15)11-22(9-12,10-13)21(27)30/h7-8,12-15,28H,1-6,9-11H2,(H2,27,30). The molecule has 3 N–H and O–H groups in total. The number of sulfonamides is 1. The van der Waals surface area contributed by atoms with Gasteiger partial charge in [0.1, 0.15) is 4.90 Å². The minimum absolute atomic E-state index is 0.0448. The zero-order chi connectivity index (χ0) is 23.8. The molecule has 0 heterocycles. The summed E-state index contributed by atoms with van der Waals surface area (Å²) < 4.78 is 29.0. The van der Waals surface area contributed by atoms with E-state index in [2.05, 4.69) is 4.72 Å². The van der Waals surface area contributed by atoms with Crippen LogP contribution in [0.15, 0.2) is 17.0 Å². The van der Waals surface area contributed by atoms with Crippen LogP contribution < -0.4 is 10.5 Å². The van der Waals surface area contributed by atoms with E-state index >= 15 is 0 Å². The van der Waals surface area contributed by atoms with Gasteiger partial charge in [-0.2, -0.15) is 4.72 Å². The highest BCUT2D eigenvalue weighted by atomic mass is 35.5. The van der Waals surface area contributed by atoms with Crippen LogP contribution in [0.1, 0.15) is 57.8 Å². The normalized spacial score (nSPS) is 34.2. The molecule has 180 valence electrons. The zero-order valence-corrected chi connectivity index (χ0v) is 21.2. The molecule has 0 spiro atoms. The Morgan fingerprint density at radius 1 is 1.00 bits per heavy atom. The molecule has 1 aromatic carbocycles. The van der Waals surface area contributed by atoms with Crippen molar-refractivity contribution in [3.05, 3.63) is 27.2 Å². The lowest BCUT2D eigenvalue weighted by molar-refractivity contribution is -0.152. The van der Waals surface area contributed by atoms with E-state index in [0.29, 0.717) is 37.0 Å². The summed E-state index contributed by atoms with van der Waals surface area (Å²) in [5.74, 6) is 1.01. The molecule has 6 rings (SSSR count). The first-order valence-electron chi connectivity index (χ1n) is 11.5. The lowest BCUT2D eigenvalue weighted by Gasteiger charge is -2.59. The number of amides is 1. The number of Topliss-reactive ketones (excluding diaryl/α,β-unsaturated/α-hetero) is 1. The van der Waals surface area contributed by atoms with Crippen molar-refractivity contribution in [2.75, 3.05) is 0 Å². The van der Waals surface area contributed by atoms with Gasteiger partial charge in [0.2, 0.25) is 15.9 Å². The minimum atomic E-state index is -4.08.